The van der Waals surface area contributed by atoms with E-state index in [1.165, 1.54) is 0 Å². The summed E-state index contributed by atoms with van der Waals surface area (Å²) in [5.74, 6) is 0. The minimum Gasteiger partial charge on any atom is -0.290 e. The molecule has 2 aromatic rings. The van der Waals surface area contributed by atoms with Crippen LogP contribution in [0, 0.1) is 0 Å². The van der Waals surface area contributed by atoms with Crippen molar-refractivity contribution in [3.05, 3.63) is 62.0 Å². The first kappa shape index (κ1) is 13.5. The highest BCUT2D eigenvalue weighted by atomic mass is 16.2. The Morgan fingerprint density at radius 3 is 2.38 bits per heavy atom. The lowest BCUT2D eigenvalue weighted by Crippen LogP contribution is -2.52. The van der Waals surface area contributed by atoms with E-state index in [1.807, 2.05) is 19.9 Å². The van der Waals surface area contributed by atoms with Crippen molar-refractivity contribution in [1.29, 1.82) is 0 Å². The summed E-state index contributed by atoms with van der Waals surface area (Å²) in [7, 11) is 0. The zero-order valence-electron chi connectivity index (χ0n) is 12.0. The van der Waals surface area contributed by atoms with Crippen molar-refractivity contribution in [3.63, 3.8) is 0 Å². The van der Waals surface area contributed by atoms with Crippen LogP contribution in [-0.2, 0) is 0 Å². The number of rotatable bonds is 3. The normalized spacial score (nSPS) is 15.1. The maximum Gasteiger partial charge on any atom is 0.334 e. The topological polar surface area (TPSA) is 79.6 Å². The number of H-pyrrole nitrogens is 1. The van der Waals surface area contributed by atoms with Gasteiger partial charge >= 0.3 is 5.69 Å². The Morgan fingerprint density at radius 2 is 1.76 bits per heavy atom. The van der Waals surface area contributed by atoms with E-state index >= 15 is 0 Å². The van der Waals surface area contributed by atoms with Crippen molar-refractivity contribution >= 4 is 0 Å². The fraction of sp³-hybridized carbons (Fsp3) is 0.333. The van der Waals surface area contributed by atoms with Gasteiger partial charge in [0.1, 0.15) is 0 Å². The van der Waals surface area contributed by atoms with Gasteiger partial charge in [-0.1, -0.05) is 32.0 Å². The minimum atomic E-state index is -0.625. The van der Waals surface area contributed by atoms with Crippen molar-refractivity contribution in [1.82, 2.24) is 9.55 Å². The maximum absolute atomic E-state index is 12.6. The first-order chi connectivity index (χ1) is 10.1. The van der Waals surface area contributed by atoms with Gasteiger partial charge in [-0.3, -0.25) is 9.78 Å². The average Bonchev–Trinajstić information content (AvgIpc) is 2.88. The number of nitrogens with one attached hydrogen (secondary N) is 1. The van der Waals surface area contributed by atoms with Gasteiger partial charge in [0.25, 0.3) is 5.56 Å². The zero-order valence-corrected chi connectivity index (χ0v) is 12.0. The summed E-state index contributed by atoms with van der Waals surface area (Å²) in [4.78, 5) is 36.4. The first-order valence-electron chi connectivity index (χ1n) is 7.01. The second-order valence-corrected chi connectivity index (χ2v) is 5.02. The molecule has 0 radical (unpaired) electrons. The highest BCUT2D eigenvalue weighted by Crippen LogP contribution is 2.21. The number of hydrogen-bond acceptors (Lipinski definition) is 4. The highest BCUT2D eigenvalue weighted by Gasteiger charge is 2.29. The number of aromatic nitrogens is 2. The van der Waals surface area contributed by atoms with Crippen LogP contribution in [0.2, 0.25) is 0 Å². The predicted octanol–water partition coefficient (Wildman–Crippen LogP) is 0.295. The molecule has 1 N–H and O–H groups in total. The van der Waals surface area contributed by atoms with E-state index in [1.54, 1.807) is 24.3 Å². The summed E-state index contributed by atoms with van der Waals surface area (Å²) in [6.07, 6.45) is 1.37. The van der Waals surface area contributed by atoms with Gasteiger partial charge in [-0.25, -0.2) is 19.3 Å². The fourth-order valence-electron chi connectivity index (χ4n) is 2.52. The van der Waals surface area contributed by atoms with Gasteiger partial charge in [-0.15, -0.1) is 0 Å². The Bertz CT molecular complexity index is 905. The number of benzene rings is 1. The van der Waals surface area contributed by atoms with Gasteiger partial charge in [0.15, 0.2) is 16.5 Å². The summed E-state index contributed by atoms with van der Waals surface area (Å²) in [5.41, 5.74) is -0.729. The van der Waals surface area contributed by atoms with E-state index in [0.717, 1.165) is 4.57 Å². The van der Waals surface area contributed by atoms with Gasteiger partial charge in [0.05, 0.1) is 5.69 Å². The molecule has 0 atom stereocenters. The third-order valence-electron chi connectivity index (χ3n) is 3.85. The van der Waals surface area contributed by atoms with Crippen LogP contribution in [0.5, 0.6) is 0 Å². The van der Waals surface area contributed by atoms with Gasteiger partial charge < -0.3 is 0 Å². The molecule has 0 aliphatic carbocycles. The van der Waals surface area contributed by atoms with Crippen LogP contribution >= 0.6 is 0 Å². The van der Waals surface area contributed by atoms with Crippen molar-refractivity contribution < 1.29 is 0 Å². The lowest BCUT2D eigenvalue weighted by atomic mass is 10.1. The third kappa shape index (κ3) is 2.03. The monoisotopic (exact) mass is 284 g/mol. The van der Waals surface area contributed by atoms with E-state index in [2.05, 4.69) is 15.0 Å². The standard InChI is InChI=1S/C15H16N4O2/c1-3-15(4-2)17-11-12(18-15)16-14(21)19(13(11)20)10-8-6-5-7-9-10/h5-9H,3-4H2,1-2H3,(H,16,18,21). The molecule has 6 nitrogen and oxygen atoms in total. The van der Waals surface area contributed by atoms with Crippen LogP contribution in [0.1, 0.15) is 26.7 Å². The minimum absolute atomic E-state index is 0.238. The van der Waals surface area contributed by atoms with Gasteiger partial charge in [0.2, 0.25) is 0 Å². The molecular formula is C15H16N4O2. The Morgan fingerprint density at radius 1 is 1.10 bits per heavy atom. The fourth-order valence-corrected chi connectivity index (χ4v) is 2.52. The summed E-state index contributed by atoms with van der Waals surface area (Å²) >= 11 is 0. The summed E-state index contributed by atoms with van der Waals surface area (Å²) in [5, 5.41) is 0.238. The number of fused-ring (bicyclic) bond motifs is 1. The van der Waals surface area contributed by atoms with E-state index in [0.29, 0.717) is 24.0 Å². The lowest BCUT2D eigenvalue weighted by Gasteiger charge is -2.17. The molecule has 3 rings (SSSR count). The molecule has 0 saturated heterocycles. The van der Waals surface area contributed by atoms with E-state index in [9.17, 15) is 9.59 Å². The van der Waals surface area contributed by atoms with Gasteiger partial charge in [-0.05, 0) is 25.0 Å². The SMILES string of the molecule is CCC1(CC)N=c2[nH]c(=O)n(-c3ccccc3)c(=O)c2=N1. The molecule has 1 aliphatic heterocycles. The molecular weight excluding hydrogens is 268 g/mol. The first-order valence-corrected chi connectivity index (χ1v) is 7.01. The van der Waals surface area contributed by atoms with Crippen molar-refractivity contribution in [2.45, 2.75) is 32.4 Å². The molecule has 2 heterocycles. The van der Waals surface area contributed by atoms with Crippen LogP contribution in [-0.4, -0.2) is 15.2 Å². The molecule has 21 heavy (non-hydrogen) atoms. The van der Waals surface area contributed by atoms with Crippen molar-refractivity contribution in [2.75, 3.05) is 0 Å². The van der Waals surface area contributed by atoms with Crippen LogP contribution in [0.25, 0.3) is 5.69 Å². The van der Waals surface area contributed by atoms with Crippen LogP contribution < -0.4 is 22.1 Å². The quantitative estimate of drug-likeness (QED) is 0.879. The average molecular weight is 284 g/mol. The molecule has 0 amide bonds. The molecule has 0 spiro atoms. The van der Waals surface area contributed by atoms with Crippen LogP contribution in [0.4, 0.5) is 0 Å². The summed E-state index contributed by atoms with van der Waals surface area (Å²) in [6.45, 7) is 3.94. The largest absolute Gasteiger partial charge is 0.334 e. The van der Waals surface area contributed by atoms with Crippen LogP contribution in [0.15, 0.2) is 49.9 Å². The Labute approximate surface area is 120 Å². The van der Waals surface area contributed by atoms with Crippen molar-refractivity contribution in [2.24, 2.45) is 9.98 Å². The second kappa shape index (κ2) is 4.80. The molecule has 0 saturated carbocycles. The predicted molar refractivity (Wildman–Crippen MR) is 78.3 cm³/mol. The summed E-state index contributed by atoms with van der Waals surface area (Å²) < 4.78 is 1.10. The zero-order chi connectivity index (χ0) is 15.0. The Hall–Kier alpha value is -2.50. The van der Waals surface area contributed by atoms with Gasteiger partial charge in [0, 0.05) is 0 Å². The van der Waals surface area contributed by atoms with E-state index in [4.69, 9.17) is 0 Å². The Kier molecular flexibility index (Phi) is 3.08. The van der Waals surface area contributed by atoms with Gasteiger partial charge in [-0.2, -0.15) is 0 Å². The van der Waals surface area contributed by atoms with Crippen LogP contribution in [0.3, 0.4) is 0 Å². The number of para-hydroxylation sites is 1. The maximum atomic E-state index is 12.6. The van der Waals surface area contributed by atoms with E-state index in [-0.39, 0.29) is 5.36 Å². The second-order valence-electron chi connectivity index (χ2n) is 5.02. The van der Waals surface area contributed by atoms with E-state index < -0.39 is 16.9 Å². The molecule has 0 fully saturated rings. The van der Waals surface area contributed by atoms with Crippen molar-refractivity contribution in [3.8, 4) is 5.69 Å². The molecule has 1 aromatic heterocycles. The molecule has 108 valence electrons. The Balaban J connectivity index is 2.36. The smallest absolute Gasteiger partial charge is 0.290 e. The molecule has 0 unspecified atom stereocenters. The molecule has 6 heteroatoms. The number of hydrogen-bond donors (Lipinski definition) is 1. The highest BCUT2D eigenvalue weighted by molar-refractivity contribution is 5.30. The summed E-state index contributed by atoms with van der Waals surface area (Å²) in [6, 6.07) is 8.80. The molecule has 1 aromatic carbocycles. The lowest BCUT2D eigenvalue weighted by molar-refractivity contribution is 0.414. The number of nitrogens with zero attached hydrogens (tertiary/aromatic N) is 3. The molecule has 0 bridgehead atoms. The third-order valence-corrected chi connectivity index (χ3v) is 3.85. The number of aromatic amines is 1. The molecule has 1 aliphatic rings.